The Morgan fingerprint density at radius 2 is 1.83 bits per heavy atom. The Labute approximate surface area is 123 Å². The maximum Gasteiger partial charge on any atom is 0.224 e. The molecule has 0 aliphatic rings. The number of halogens is 5. The van der Waals surface area contributed by atoms with Crippen LogP contribution in [-0.4, -0.2) is 9.97 Å². The molecule has 1 aromatic heterocycles. The average molecular weight is 399 g/mol. The number of aromatic nitrogens is 2. The minimum atomic E-state index is -0.620. The summed E-state index contributed by atoms with van der Waals surface area (Å²) in [6, 6.07) is 2.04. The minimum Gasteiger partial charge on any atom is -0.337 e. The number of anilines is 2. The van der Waals surface area contributed by atoms with E-state index < -0.39 is 11.6 Å². The second kappa shape index (κ2) is 5.46. The van der Waals surface area contributed by atoms with Crippen LogP contribution >= 0.6 is 43.5 Å². The fourth-order valence-electron chi connectivity index (χ4n) is 1.18. The standard InChI is InChI=1S/C10H4Br2ClF2N3/c11-4-1-7(15)8(2-6(4)14)17-9-5(12)3-16-10(13)18-9/h1-3H,(H,16,17,18). The lowest BCUT2D eigenvalue weighted by Gasteiger charge is -2.09. The lowest BCUT2D eigenvalue weighted by molar-refractivity contribution is 0.597. The first kappa shape index (κ1) is 13.6. The zero-order valence-electron chi connectivity index (χ0n) is 8.52. The van der Waals surface area contributed by atoms with E-state index in [2.05, 4.69) is 47.1 Å². The van der Waals surface area contributed by atoms with Crippen molar-refractivity contribution in [2.24, 2.45) is 0 Å². The van der Waals surface area contributed by atoms with Gasteiger partial charge in [0.25, 0.3) is 0 Å². The van der Waals surface area contributed by atoms with Gasteiger partial charge in [-0.2, -0.15) is 4.98 Å². The summed E-state index contributed by atoms with van der Waals surface area (Å²) < 4.78 is 27.4. The summed E-state index contributed by atoms with van der Waals surface area (Å²) in [6.45, 7) is 0. The topological polar surface area (TPSA) is 37.8 Å². The van der Waals surface area contributed by atoms with Gasteiger partial charge in [0, 0.05) is 12.3 Å². The van der Waals surface area contributed by atoms with Gasteiger partial charge in [-0.25, -0.2) is 13.8 Å². The molecule has 94 valence electrons. The van der Waals surface area contributed by atoms with Crippen LogP contribution in [0.1, 0.15) is 0 Å². The zero-order valence-corrected chi connectivity index (χ0v) is 12.4. The van der Waals surface area contributed by atoms with Crippen molar-refractivity contribution in [1.82, 2.24) is 9.97 Å². The first-order valence-electron chi connectivity index (χ1n) is 4.57. The van der Waals surface area contributed by atoms with E-state index in [9.17, 15) is 8.78 Å². The van der Waals surface area contributed by atoms with Gasteiger partial charge in [0.2, 0.25) is 5.28 Å². The van der Waals surface area contributed by atoms with E-state index in [1.54, 1.807) is 0 Å². The van der Waals surface area contributed by atoms with Crippen molar-refractivity contribution in [3.8, 4) is 0 Å². The Bertz CT molecular complexity index is 610. The van der Waals surface area contributed by atoms with Gasteiger partial charge >= 0.3 is 0 Å². The van der Waals surface area contributed by atoms with Crippen molar-refractivity contribution in [3.63, 3.8) is 0 Å². The third-order valence-corrected chi connectivity index (χ3v) is 3.35. The van der Waals surface area contributed by atoms with Gasteiger partial charge < -0.3 is 5.32 Å². The molecule has 2 rings (SSSR count). The first-order chi connectivity index (χ1) is 8.47. The van der Waals surface area contributed by atoms with E-state index in [1.165, 1.54) is 6.20 Å². The lowest BCUT2D eigenvalue weighted by Crippen LogP contribution is -1.99. The van der Waals surface area contributed by atoms with Gasteiger partial charge in [-0.15, -0.1) is 0 Å². The number of rotatable bonds is 2. The molecule has 0 unspecified atom stereocenters. The highest BCUT2D eigenvalue weighted by molar-refractivity contribution is 9.10. The molecule has 0 saturated heterocycles. The van der Waals surface area contributed by atoms with Crippen molar-refractivity contribution in [3.05, 3.63) is 44.2 Å². The van der Waals surface area contributed by atoms with Gasteiger partial charge in [-0.3, -0.25) is 0 Å². The third-order valence-electron chi connectivity index (χ3n) is 1.98. The second-order valence-corrected chi connectivity index (χ2v) is 5.25. The quantitative estimate of drug-likeness (QED) is 0.589. The van der Waals surface area contributed by atoms with Crippen LogP contribution in [-0.2, 0) is 0 Å². The molecule has 0 amide bonds. The fourth-order valence-corrected chi connectivity index (χ4v) is 1.92. The van der Waals surface area contributed by atoms with E-state index >= 15 is 0 Å². The van der Waals surface area contributed by atoms with E-state index in [-0.39, 0.29) is 21.3 Å². The average Bonchev–Trinajstić information content (AvgIpc) is 2.30. The lowest BCUT2D eigenvalue weighted by atomic mass is 10.3. The van der Waals surface area contributed by atoms with Crippen LogP contribution in [0.3, 0.4) is 0 Å². The highest BCUT2D eigenvalue weighted by Gasteiger charge is 2.11. The summed E-state index contributed by atoms with van der Waals surface area (Å²) in [6.07, 6.45) is 1.41. The van der Waals surface area contributed by atoms with Crippen molar-refractivity contribution < 1.29 is 8.78 Å². The smallest absolute Gasteiger partial charge is 0.224 e. The Morgan fingerprint density at radius 3 is 2.56 bits per heavy atom. The van der Waals surface area contributed by atoms with Gasteiger partial charge in [-0.1, -0.05) is 0 Å². The van der Waals surface area contributed by atoms with E-state index in [1.807, 2.05) is 0 Å². The van der Waals surface area contributed by atoms with Crippen LogP contribution < -0.4 is 5.32 Å². The van der Waals surface area contributed by atoms with Crippen LogP contribution in [0.2, 0.25) is 5.28 Å². The SMILES string of the molecule is Fc1cc(Nc2nc(Cl)ncc2Br)c(F)cc1Br. The summed E-state index contributed by atoms with van der Waals surface area (Å²) in [5.41, 5.74) is -0.0498. The summed E-state index contributed by atoms with van der Waals surface area (Å²) in [5, 5.41) is 2.63. The summed E-state index contributed by atoms with van der Waals surface area (Å²) in [4.78, 5) is 7.58. The molecule has 0 saturated carbocycles. The second-order valence-electron chi connectivity index (χ2n) is 3.21. The van der Waals surface area contributed by atoms with E-state index in [0.29, 0.717) is 4.47 Å². The first-order valence-corrected chi connectivity index (χ1v) is 6.53. The number of hydrogen-bond donors (Lipinski definition) is 1. The predicted molar refractivity (Wildman–Crippen MR) is 72.1 cm³/mol. The molecule has 1 aromatic carbocycles. The fraction of sp³-hybridized carbons (Fsp3) is 0. The van der Waals surface area contributed by atoms with Gasteiger partial charge in [0.05, 0.1) is 14.6 Å². The number of benzene rings is 1. The molecule has 0 bridgehead atoms. The number of hydrogen-bond acceptors (Lipinski definition) is 3. The van der Waals surface area contributed by atoms with Crippen LogP contribution in [0.5, 0.6) is 0 Å². The Morgan fingerprint density at radius 1 is 1.11 bits per heavy atom. The van der Waals surface area contributed by atoms with E-state index in [0.717, 1.165) is 12.1 Å². The molecule has 8 heteroatoms. The van der Waals surface area contributed by atoms with Crippen molar-refractivity contribution >= 4 is 55.0 Å². The zero-order chi connectivity index (χ0) is 13.3. The number of nitrogens with one attached hydrogen (secondary N) is 1. The molecule has 0 aliphatic heterocycles. The van der Waals surface area contributed by atoms with Gasteiger partial charge in [-0.05, 0) is 49.5 Å². The van der Waals surface area contributed by atoms with Crippen LogP contribution in [0.25, 0.3) is 0 Å². The maximum atomic E-state index is 13.6. The van der Waals surface area contributed by atoms with Crippen LogP contribution in [0.15, 0.2) is 27.3 Å². The molecular weight excluding hydrogens is 395 g/mol. The highest BCUT2D eigenvalue weighted by Crippen LogP contribution is 2.28. The van der Waals surface area contributed by atoms with Gasteiger partial charge in [0.1, 0.15) is 17.5 Å². The molecule has 1 N–H and O–H groups in total. The van der Waals surface area contributed by atoms with Crippen molar-refractivity contribution in [1.29, 1.82) is 0 Å². The summed E-state index contributed by atoms with van der Waals surface area (Å²) in [5.74, 6) is -0.962. The number of nitrogens with zero attached hydrogens (tertiary/aromatic N) is 2. The Hall–Kier alpha value is -0.790. The van der Waals surface area contributed by atoms with Gasteiger partial charge in [0.15, 0.2) is 0 Å². The Kier molecular flexibility index (Phi) is 4.14. The Balaban J connectivity index is 2.40. The molecule has 0 radical (unpaired) electrons. The molecule has 18 heavy (non-hydrogen) atoms. The summed E-state index contributed by atoms with van der Waals surface area (Å²) in [7, 11) is 0. The highest BCUT2D eigenvalue weighted by atomic mass is 79.9. The van der Waals surface area contributed by atoms with E-state index in [4.69, 9.17) is 11.6 Å². The molecule has 0 spiro atoms. The van der Waals surface area contributed by atoms with Crippen molar-refractivity contribution in [2.45, 2.75) is 0 Å². The molecule has 1 heterocycles. The monoisotopic (exact) mass is 397 g/mol. The molecule has 3 nitrogen and oxygen atoms in total. The predicted octanol–water partition coefficient (Wildman–Crippen LogP) is 4.68. The molecule has 2 aromatic rings. The molecule has 0 aliphatic carbocycles. The largest absolute Gasteiger partial charge is 0.337 e. The van der Waals surface area contributed by atoms with Crippen LogP contribution in [0, 0.1) is 11.6 Å². The van der Waals surface area contributed by atoms with Crippen LogP contribution in [0.4, 0.5) is 20.3 Å². The molecular formula is C10H4Br2ClF2N3. The molecule has 0 atom stereocenters. The minimum absolute atomic E-state index is 0.00121. The normalized spacial score (nSPS) is 10.5. The summed E-state index contributed by atoms with van der Waals surface area (Å²) >= 11 is 11.7. The molecule has 0 fully saturated rings. The maximum absolute atomic E-state index is 13.6. The van der Waals surface area contributed by atoms with Crippen molar-refractivity contribution in [2.75, 3.05) is 5.32 Å². The third kappa shape index (κ3) is 2.96.